The third kappa shape index (κ3) is 5.53. The van der Waals surface area contributed by atoms with Crippen LogP contribution in [0.3, 0.4) is 0 Å². The van der Waals surface area contributed by atoms with Crippen LogP contribution in [0.25, 0.3) is 101 Å². The number of hydrogen-bond acceptors (Lipinski definition) is 6. The summed E-state index contributed by atoms with van der Waals surface area (Å²) in [5, 5.41) is 4.35. The summed E-state index contributed by atoms with van der Waals surface area (Å²) in [5.74, 6) is 1.84. The zero-order valence-corrected chi connectivity index (χ0v) is 31.6. The SMILES string of the molecule is C1=Cc2cc3oc4ccccc4c3cc2N(c2cccc(-c3nc(-c4ccccc4)nc(-c4ccccc4)n3)c2)c2ccc(-c3cccc4c3oc3ccccc34)cc21. The van der Waals surface area contributed by atoms with Crippen molar-refractivity contribution < 1.29 is 8.83 Å². The Kier molecular flexibility index (Phi) is 7.43. The second kappa shape index (κ2) is 13.3. The monoisotopic (exact) mass is 756 g/mol. The van der Waals surface area contributed by atoms with Gasteiger partial charge in [0.15, 0.2) is 17.5 Å². The van der Waals surface area contributed by atoms with Crippen LogP contribution >= 0.6 is 0 Å². The van der Waals surface area contributed by atoms with E-state index in [9.17, 15) is 0 Å². The number of anilines is 3. The van der Waals surface area contributed by atoms with Crippen molar-refractivity contribution in [2.75, 3.05) is 4.90 Å². The molecule has 0 spiro atoms. The maximum atomic E-state index is 6.49. The first-order valence-corrected chi connectivity index (χ1v) is 19.7. The van der Waals surface area contributed by atoms with Crippen molar-refractivity contribution in [2.24, 2.45) is 0 Å². The predicted molar refractivity (Wildman–Crippen MR) is 240 cm³/mol. The van der Waals surface area contributed by atoms with E-state index in [-0.39, 0.29) is 0 Å². The number of para-hydroxylation sites is 3. The van der Waals surface area contributed by atoms with E-state index < -0.39 is 0 Å². The summed E-state index contributed by atoms with van der Waals surface area (Å²) in [6.07, 6.45) is 4.40. The Hall–Kier alpha value is -8.09. The highest BCUT2D eigenvalue weighted by Crippen LogP contribution is 2.47. The van der Waals surface area contributed by atoms with Gasteiger partial charge in [0.05, 0.1) is 11.4 Å². The first-order chi connectivity index (χ1) is 29.2. The van der Waals surface area contributed by atoms with Crippen LogP contribution in [-0.2, 0) is 0 Å². The Labute approximate surface area is 339 Å². The highest BCUT2D eigenvalue weighted by Gasteiger charge is 2.24. The quantitative estimate of drug-likeness (QED) is 0.174. The van der Waals surface area contributed by atoms with E-state index in [1.54, 1.807) is 0 Å². The van der Waals surface area contributed by atoms with Crippen molar-refractivity contribution in [1.29, 1.82) is 0 Å². The summed E-state index contributed by atoms with van der Waals surface area (Å²) in [7, 11) is 0. The molecule has 0 bridgehead atoms. The first kappa shape index (κ1) is 33.1. The summed E-state index contributed by atoms with van der Waals surface area (Å²) in [6, 6.07) is 62.6. The van der Waals surface area contributed by atoms with Crippen LogP contribution in [0.5, 0.6) is 0 Å². The molecule has 6 nitrogen and oxygen atoms in total. The molecule has 0 radical (unpaired) electrons. The first-order valence-electron chi connectivity index (χ1n) is 19.7. The van der Waals surface area contributed by atoms with Crippen LogP contribution in [0, 0.1) is 0 Å². The smallest absolute Gasteiger partial charge is 0.164 e. The standard InChI is InChI=1S/C53H32N4O2/c1-3-13-33(14-4-1)51-54-52(34-15-5-2-6-16-34)56-53(55-51)38-17-11-18-39(30-38)57-45-28-27-35(40-21-12-22-43-41-19-7-10-24-48(41)59-50(40)43)29-36(45)25-26-37-31-49-44(32-46(37)57)42-20-8-9-23-47(42)58-49/h1-32H. The molecule has 1 aliphatic rings. The fraction of sp³-hybridized carbons (Fsp3) is 0. The molecular weight excluding hydrogens is 725 g/mol. The van der Waals surface area contributed by atoms with Crippen LogP contribution in [0.4, 0.5) is 17.1 Å². The van der Waals surface area contributed by atoms with Gasteiger partial charge in [0.25, 0.3) is 0 Å². The van der Waals surface area contributed by atoms with Gasteiger partial charge in [0.1, 0.15) is 22.3 Å². The molecule has 0 saturated heterocycles. The summed E-state index contributed by atoms with van der Waals surface area (Å²) in [4.78, 5) is 17.4. The average Bonchev–Trinajstić information content (AvgIpc) is 3.82. The maximum absolute atomic E-state index is 6.49. The van der Waals surface area contributed by atoms with Gasteiger partial charge in [-0.1, -0.05) is 146 Å². The molecule has 4 heterocycles. The van der Waals surface area contributed by atoms with Crippen molar-refractivity contribution in [3.63, 3.8) is 0 Å². The van der Waals surface area contributed by atoms with Gasteiger partial charge in [-0.3, -0.25) is 0 Å². The fourth-order valence-corrected chi connectivity index (χ4v) is 8.45. The summed E-state index contributed by atoms with van der Waals surface area (Å²) < 4.78 is 12.9. The Morgan fingerprint density at radius 2 is 0.932 bits per heavy atom. The summed E-state index contributed by atoms with van der Waals surface area (Å²) >= 11 is 0. The van der Waals surface area contributed by atoms with E-state index in [0.717, 1.165) is 99.9 Å². The molecule has 276 valence electrons. The molecule has 0 N–H and O–H groups in total. The number of aromatic nitrogens is 3. The van der Waals surface area contributed by atoms with E-state index in [0.29, 0.717) is 17.5 Å². The minimum Gasteiger partial charge on any atom is -0.456 e. The number of hydrogen-bond donors (Lipinski definition) is 0. The van der Waals surface area contributed by atoms with Gasteiger partial charge in [-0.2, -0.15) is 0 Å². The highest BCUT2D eigenvalue weighted by atomic mass is 16.3. The molecule has 3 aromatic heterocycles. The van der Waals surface area contributed by atoms with Crippen molar-refractivity contribution in [3.05, 3.63) is 193 Å². The molecule has 1 aliphatic heterocycles. The van der Waals surface area contributed by atoms with Crippen molar-refractivity contribution in [3.8, 4) is 45.3 Å². The molecule has 0 aliphatic carbocycles. The van der Waals surface area contributed by atoms with E-state index in [2.05, 4.69) is 114 Å². The molecule has 0 unspecified atom stereocenters. The molecule has 6 heteroatoms. The number of rotatable bonds is 5. The number of fused-ring (bicyclic) bond motifs is 8. The lowest BCUT2D eigenvalue weighted by Gasteiger charge is -2.28. The van der Waals surface area contributed by atoms with E-state index in [4.69, 9.17) is 23.8 Å². The van der Waals surface area contributed by atoms with Crippen LogP contribution in [0.2, 0.25) is 0 Å². The van der Waals surface area contributed by atoms with E-state index in [1.807, 2.05) is 84.9 Å². The normalized spacial score (nSPS) is 12.3. The number of benzene rings is 8. The fourth-order valence-electron chi connectivity index (χ4n) is 8.45. The minimum atomic E-state index is 0.596. The molecule has 12 rings (SSSR count). The Morgan fingerprint density at radius 1 is 0.356 bits per heavy atom. The molecule has 8 aromatic carbocycles. The van der Waals surface area contributed by atoms with Crippen molar-refractivity contribution in [1.82, 2.24) is 15.0 Å². The van der Waals surface area contributed by atoms with Crippen molar-refractivity contribution >= 4 is 73.1 Å². The van der Waals surface area contributed by atoms with Crippen molar-refractivity contribution in [2.45, 2.75) is 0 Å². The second-order valence-corrected chi connectivity index (χ2v) is 14.8. The average molecular weight is 757 g/mol. The zero-order valence-electron chi connectivity index (χ0n) is 31.6. The van der Waals surface area contributed by atoms with Gasteiger partial charge >= 0.3 is 0 Å². The van der Waals surface area contributed by atoms with E-state index in [1.165, 1.54) is 0 Å². The molecule has 0 amide bonds. The van der Waals surface area contributed by atoms with Gasteiger partial charge in [-0.25, -0.2) is 15.0 Å². The van der Waals surface area contributed by atoms with Crippen LogP contribution in [-0.4, -0.2) is 15.0 Å². The Bertz CT molecular complexity index is 3400. The largest absolute Gasteiger partial charge is 0.456 e. The van der Waals surface area contributed by atoms with Crippen LogP contribution < -0.4 is 4.90 Å². The van der Waals surface area contributed by atoms with Gasteiger partial charge in [0.2, 0.25) is 0 Å². The van der Waals surface area contributed by atoms with Gasteiger partial charge in [-0.05, 0) is 59.7 Å². The molecule has 11 aromatic rings. The van der Waals surface area contributed by atoms with Gasteiger partial charge in [-0.15, -0.1) is 0 Å². The highest BCUT2D eigenvalue weighted by molar-refractivity contribution is 6.11. The summed E-state index contributed by atoms with van der Waals surface area (Å²) in [6.45, 7) is 0. The maximum Gasteiger partial charge on any atom is 0.164 e. The molecule has 0 saturated carbocycles. The van der Waals surface area contributed by atoms with Gasteiger partial charge < -0.3 is 13.7 Å². The molecule has 0 fully saturated rings. The van der Waals surface area contributed by atoms with E-state index >= 15 is 0 Å². The minimum absolute atomic E-state index is 0.596. The molecule has 59 heavy (non-hydrogen) atoms. The lowest BCUT2D eigenvalue weighted by molar-refractivity contribution is 0.669. The third-order valence-electron chi connectivity index (χ3n) is 11.3. The van der Waals surface area contributed by atoms with Crippen LogP contribution in [0.15, 0.2) is 191 Å². The molecular formula is C53H32N4O2. The summed E-state index contributed by atoms with van der Waals surface area (Å²) in [5.41, 5.74) is 13.5. The Morgan fingerprint density at radius 3 is 1.66 bits per heavy atom. The third-order valence-corrected chi connectivity index (χ3v) is 11.3. The lowest BCUT2D eigenvalue weighted by Crippen LogP contribution is -2.12. The number of nitrogens with zero attached hydrogens (tertiary/aromatic N) is 4. The van der Waals surface area contributed by atoms with Crippen LogP contribution in [0.1, 0.15) is 11.1 Å². The topological polar surface area (TPSA) is 68.2 Å². The number of furan rings is 2. The predicted octanol–water partition coefficient (Wildman–Crippen LogP) is 14.3. The Balaban J connectivity index is 1.06. The van der Waals surface area contributed by atoms with Gasteiger partial charge in [0, 0.05) is 55.0 Å². The molecule has 0 atom stereocenters. The zero-order chi connectivity index (χ0) is 38.9. The lowest BCUT2D eigenvalue weighted by atomic mass is 9.99. The second-order valence-electron chi connectivity index (χ2n) is 14.8.